The van der Waals surface area contributed by atoms with Crippen molar-refractivity contribution in [1.82, 2.24) is 0 Å². The first kappa shape index (κ1) is 86.9. The molecule has 2 aliphatic carbocycles. The first-order valence-electron chi connectivity index (χ1n) is 46.7. The predicted molar refractivity (Wildman–Crippen MR) is 619 cm³/mol. The van der Waals surface area contributed by atoms with Gasteiger partial charge in [-0.1, -0.05) is 348 Å². The van der Waals surface area contributed by atoms with Crippen LogP contribution < -0.4 is 0 Å². The minimum absolute atomic E-state index is 0.000442. The van der Waals surface area contributed by atoms with Gasteiger partial charge in [0.15, 0.2) is 5.58 Å². The van der Waals surface area contributed by atoms with E-state index in [0.29, 0.717) is 5.02 Å². The minimum Gasteiger partial charge on any atom is -0.455 e. The van der Waals surface area contributed by atoms with Crippen molar-refractivity contribution >= 4 is 266 Å². The van der Waals surface area contributed by atoms with Gasteiger partial charge in [-0.05, 0) is 349 Å². The molecule has 27 aromatic rings. The average molecular weight is 2260 g/mol. The fourth-order valence-corrected chi connectivity index (χ4v) is 24.5. The number of hydrogen-bond acceptors (Lipinski definition) is 5. The summed E-state index contributed by atoms with van der Waals surface area (Å²) in [5, 5.41) is 24.5. The summed E-state index contributed by atoms with van der Waals surface area (Å²) < 4.78 is 36.1. The van der Waals surface area contributed by atoms with Crippen molar-refractivity contribution < 1.29 is 22.1 Å². The predicted octanol–water partition coefficient (Wildman–Crippen LogP) is 40.0. The lowest BCUT2D eigenvalue weighted by atomic mass is 9.81. The average Bonchev–Trinajstić information content (AvgIpc) is 1.58. The summed E-state index contributed by atoms with van der Waals surface area (Å²) in [6.45, 7) is 11.5. The van der Waals surface area contributed by atoms with Crippen LogP contribution in [0.15, 0.2) is 435 Å². The SMILES string of the molecule is CC1(C)c2ccccc2-c2ccc(-c3c4ccccc4cc4c3oc3c(I)cccc34)cc21.CC1(C)c2ccccc2-c2ccc(-c3cc(I)c4oc5cc6ccccc6cc5c4c3)cc21.Cc1cccc(-c2c3ccccc3cc3c2oc2c(I)cccc23)c1.Clc1cc(-c2ccccc2)cc2c1oc1cc3ccccc3cc12.Ic1cc(-c2ccccc2)cc2c1oc1cc3ccccc3cc12. The molecule has 0 saturated carbocycles. The van der Waals surface area contributed by atoms with Crippen LogP contribution in [0, 0.1) is 21.2 Å². The Hall–Kier alpha value is -13.7. The standard InChI is InChI=1S/2C31H21IO.C23H15IO.C22H13ClO.C22H13IO/c1-31(2)25-12-6-5-10-21(25)22-15-14-19(17-26(22)31)28-20-9-4-3-8-18(20)16-24-23-11-7-13-27(32)29(23)33-30(24)28;1-31(2)26-10-6-5-9-22(26)23-12-11-20(15-27(23)31)21-14-25-24-13-18-7-3-4-8-19(18)17-29(24)33-30(25)28(32)16-21;1-14-6-4-8-16(12-14)21-17-9-3-2-7-15(17)13-19-18-10-5-11-20(24)22(18)25-23(19)21;2*23-20-12-17(14-6-2-1-3-7-14)11-19-18-10-15-8-4-5-9-16(15)13-21(18)24-22(19)20/h2*3-17H,1-2H3;2-13H,1H3;2*1-13H. The van der Waals surface area contributed by atoms with Gasteiger partial charge in [0.1, 0.15) is 50.2 Å². The minimum atomic E-state index is -0.0328. The highest BCUT2D eigenvalue weighted by atomic mass is 127. The fraction of sp³-hybridized carbons (Fsp3) is 0.0543. The van der Waals surface area contributed by atoms with Gasteiger partial charge in [0.05, 0.1) is 19.3 Å². The van der Waals surface area contributed by atoms with Crippen LogP contribution in [0.3, 0.4) is 0 Å². The molecule has 0 spiro atoms. The Morgan fingerprint density at radius 2 is 0.511 bits per heavy atom. The van der Waals surface area contributed by atoms with Crippen LogP contribution in [-0.4, -0.2) is 0 Å². The molecule has 29 rings (SSSR count). The van der Waals surface area contributed by atoms with E-state index in [9.17, 15) is 0 Å². The smallest absolute Gasteiger partial charge is 0.154 e. The molecule has 0 amide bonds. The largest absolute Gasteiger partial charge is 0.455 e. The van der Waals surface area contributed by atoms with Gasteiger partial charge in [0, 0.05) is 75.8 Å². The van der Waals surface area contributed by atoms with Gasteiger partial charge in [-0.3, -0.25) is 0 Å². The van der Waals surface area contributed by atoms with Crippen LogP contribution in [0.1, 0.15) is 55.5 Å². The molecule has 2 aliphatic rings. The van der Waals surface area contributed by atoms with Gasteiger partial charge in [0.2, 0.25) is 0 Å². The highest BCUT2D eigenvalue weighted by Gasteiger charge is 2.38. The molecule has 0 fully saturated rings. The van der Waals surface area contributed by atoms with Crippen LogP contribution in [-0.2, 0) is 10.8 Å². The Morgan fingerprint density at radius 3 is 0.964 bits per heavy atom. The van der Waals surface area contributed by atoms with Gasteiger partial charge in [-0.15, -0.1) is 0 Å². The molecule has 22 aromatic carbocycles. The molecule has 0 unspecified atom stereocenters. The summed E-state index contributed by atoms with van der Waals surface area (Å²) in [5.41, 5.74) is 33.6. The van der Waals surface area contributed by atoms with E-state index in [1.807, 2.05) is 36.4 Å². The molecule has 139 heavy (non-hydrogen) atoms. The van der Waals surface area contributed by atoms with E-state index in [0.717, 1.165) is 92.0 Å². The second-order valence-electron chi connectivity index (χ2n) is 37.5. The molecule has 0 saturated heterocycles. The van der Waals surface area contributed by atoms with Crippen molar-refractivity contribution in [3.05, 3.63) is 460 Å². The van der Waals surface area contributed by atoms with E-state index in [1.54, 1.807) is 0 Å². The molecular weight excluding hydrogens is 2170 g/mol. The maximum Gasteiger partial charge on any atom is 0.154 e. The first-order valence-corrected chi connectivity index (χ1v) is 51.4. The second kappa shape index (κ2) is 34.7. The molecule has 0 N–H and O–H groups in total. The van der Waals surface area contributed by atoms with E-state index >= 15 is 0 Å². The van der Waals surface area contributed by atoms with Crippen molar-refractivity contribution in [2.45, 2.75) is 45.4 Å². The summed E-state index contributed by atoms with van der Waals surface area (Å²) in [4.78, 5) is 0. The summed E-state index contributed by atoms with van der Waals surface area (Å²) >= 11 is 16.0. The lowest BCUT2D eigenvalue weighted by Crippen LogP contribution is -2.14. The molecule has 0 aliphatic heterocycles. The zero-order valence-electron chi connectivity index (χ0n) is 76.2. The van der Waals surface area contributed by atoms with E-state index in [2.05, 4.69) is 501 Å². The van der Waals surface area contributed by atoms with Crippen LogP contribution in [0.5, 0.6) is 0 Å². The maximum atomic E-state index is 6.60. The number of furan rings is 5. The molecule has 0 atom stereocenters. The van der Waals surface area contributed by atoms with Gasteiger partial charge in [0.25, 0.3) is 0 Å². The molecule has 10 heteroatoms. The van der Waals surface area contributed by atoms with E-state index < -0.39 is 0 Å². The number of para-hydroxylation sites is 2. The normalized spacial score (nSPS) is 12.8. The van der Waals surface area contributed by atoms with Gasteiger partial charge in [-0.25, -0.2) is 0 Å². The number of halogens is 5. The Labute approximate surface area is 861 Å². The van der Waals surface area contributed by atoms with E-state index in [-0.39, 0.29) is 10.8 Å². The Morgan fingerprint density at radius 1 is 0.194 bits per heavy atom. The molecule has 0 radical (unpaired) electrons. The third kappa shape index (κ3) is 15.1. The van der Waals surface area contributed by atoms with Crippen molar-refractivity contribution in [2.24, 2.45) is 0 Å². The zero-order valence-corrected chi connectivity index (χ0v) is 85.6. The molecule has 0 bridgehead atoms. The Kier molecular flexibility index (Phi) is 21.7. The lowest BCUT2D eigenvalue weighted by molar-refractivity contribution is 0.660. The van der Waals surface area contributed by atoms with E-state index in [4.69, 9.17) is 33.7 Å². The molecule has 5 aromatic heterocycles. The highest BCUT2D eigenvalue weighted by molar-refractivity contribution is 14.1. The van der Waals surface area contributed by atoms with E-state index in [1.165, 1.54) is 192 Å². The van der Waals surface area contributed by atoms with Crippen LogP contribution in [0.25, 0.3) is 241 Å². The molecular formula is C129H83ClI4O5. The summed E-state index contributed by atoms with van der Waals surface area (Å²) in [5.74, 6) is 0. The van der Waals surface area contributed by atoms with Crippen molar-refractivity contribution in [3.63, 3.8) is 0 Å². The Balaban J connectivity index is 0.0000000926. The number of fused-ring (bicyclic) bond motifs is 26. The van der Waals surface area contributed by atoms with Crippen molar-refractivity contribution in [1.29, 1.82) is 0 Å². The molecule has 5 heterocycles. The quantitative estimate of drug-likeness (QED) is 0.161. The van der Waals surface area contributed by atoms with Gasteiger partial charge < -0.3 is 22.1 Å². The molecule has 5 nitrogen and oxygen atoms in total. The third-order valence-electron chi connectivity index (χ3n) is 28.4. The van der Waals surface area contributed by atoms with Crippen LogP contribution >= 0.6 is 102 Å². The monoisotopic (exact) mass is 2250 g/mol. The zero-order chi connectivity index (χ0) is 93.8. The van der Waals surface area contributed by atoms with Gasteiger partial charge in [-0.2, -0.15) is 0 Å². The van der Waals surface area contributed by atoms with Gasteiger partial charge >= 0.3 is 0 Å². The molecule has 664 valence electrons. The Bertz CT molecular complexity index is 9560. The maximum absolute atomic E-state index is 6.60. The van der Waals surface area contributed by atoms with Crippen LogP contribution in [0.2, 0.25) is 5.02 Å². The third-order valence-corrected chi connectivity index (χ3v) is 32.0. The fourth-order valence-electron chi connectivity index (χ4n) is 21.6. The topological polar surface area (TPSA) is 65.7 Å². The lowest BCUT2D eigenvalue weighted by Gasteiger charge is -2.22. The number of benzene rings is 22. The highest BCUT2D eigenvalue weighted by Crippen LogP contribution is 2.55. The van der Waals surface area contributed by atoms with Crippen molar-refractivity contribution in [3.8, 4) is 77.9 Å². The summed E-state index contributed by atoms with van der Waals surface area (Å²) in [6.07, 6.45) is 0. The number of aryl methyl sites for hydroxylation is 1. The van der Waals surface area contributed by atoms with Crippen molar-refractivity contribution in [2.75, 3.05) is 0 Å². The first-order chi connectivity index (χ1) is 67.8. The summed E-state index contributed by atoms with van der Waals surface area (Å²) in [7, 11) is 0. The number of hydrogen-bond donors (Lipinski definition) is 0. The second-order valence-corrected chi connectivity index (χ2v) is 42.6. The van der Waals surface area contributed by atoms with Crippen LogP contribution in [0.4, 0.5) is 0 Å². The number of rotatable bonds is 5. The summed E-state index contributed by atoms with van der Waals surface area (Å²) in [6, 6.07) is 147.